The quantitative estimate of drug-likeness (QED) is 0.819. The van der Waals surface area contributed by atoms with Crippen molar-refractivity contribution in [2.45, 2.75) is 45.6 Å². The first-order valence-electron chi connectivity index (χ1n) is 8.46. The Morgan fingerprint density at radius 2 is 2.04 bits per heavy atom. The van der Waals surface area contributed by atoms with Gasteiger partial charge in [0.15, 0.2) is 0 Å². The first kappa shape index (κ1) is 17.3. The van der Waals surface area contributed by atoms with E-state index in [4.69, 9.17) is 4.74 Å². The van der Waals surface area contributed by atoms with Gasteiger partial charge in [-0.3, -0.25) is 4.79 Å². The van der Waals surface area contributed by atoms with Gasteiger partial charge in [-0.05, 0) is 44.7 Å². The Bertz CT molecular complexity index is 545. The fraction of sp³-hybridized carbons (Fsp3) is 0.556. The average molecular weight is 318 g/mol. The van der Waals surface area contributed by atoms with Crippen molar-refractivity contribution in [2.75, 3.05) is 25.0 Å². The molecule has 1 aromatic carbocycles. The van der Waals surface area contributed by atoms with Crippen LogP contribution in [0.1, 0.15) is 49.9 Å². The molecule has 1 N–H and O–H groups in total. The van der Waals surface area contributed by atoms with Crippen molar-refractivity contribution in [1.82, 2.24) is 4.90 Å². The molecule has 0 aromatic heterocycles. The van der Waals surface area contributed by atoms with E-state index in [-0.39, 0.29) is 18.4 Å². The lowest BCUT2D eigenvalue weighted by molar-refractivity contribution is -0.133. The van der Waals surface area contributed by atoms with Crippen LogP contribution in [0.3, 0.4) is 0 Å². The number of nitrogens with one attached hydrogen (secondary N) is 1. The third-order valence-corrected chi connectivity index (χ3v) is 4.27. The Morgan fingerprint density at radius 3 is 2.78 bits per heavy atom. The van der Waals surface area contributed by atoms with Crippen LogP contribution in [0.25, 0.3) is 0 Å². The first-order chi connectivity index (χ1) is 11.2. The minimum atomic E-state index is -0.368. The van der Waals surface area contributed by atoms with Crippen molar-refractivity contribution in [2.24, 2.45) is 0 Å². The summed E-state index contributed by atoms with van der Waals surface area (Å²) in [7, 11) is 0. The van der Waals surface area contributed by atoms with Crippen LogP contribution in [-0.4, -0.2) is 42.5 Å². The van der Waals surface area contributed by atoms with Crippen LogP contribution in [-0.2, 0) is 9.53 Å². The van der Waals surface area contributed by atoms with Gasteiger partial charge in [0.1, 0.15) is 0 Å². The Kier molecular flexibility index (Phi) is 6.44. The van der Waals surface area contributed by atoms with Gasteiger partial charge in [-0.1, -0.05) is 19.1 Å². The summed E-state index contributed by atoms with van der Waals surface area (Å²) in [6.45, 7) is 5.27. The molecule has 0 bridgehead atoms. The second-order valence-electron chi connectivity index (χ2n) is 5.76. The van der Waals surface area contributed by atoms with Crippen LogP contribution in [0.2, 0.25) is 0 Å². The molecule has 1 aliphatic heterocycles. The van der Waals surface area contributed by atoms with Crippen LogP contribution >= 0.6 is 0 Å². The number of para-hydroxylation sites is 1. The molecule has 1 aromatic rings. The van der Waals surface area contributed by atoms with E-state index in [0.29, 0.717) is 23.9 Å². The molecule has 5 nitrogen and oxygen atoms in total. The first-order valence-corrected chi connectivity index (χ1v) is 8.46. The fourth-order valence-corrected chi connectivity index (χ4v) is 3.05. The highest BCUT2D eigenvalue weighted by molar-refractivity contribution is 5.96. The number of piperidine rings is 1. The second-order valence-corrected chi connectivity index (χ2v) is 5.76. The molecule has 1 amide bonds. The molecule has 1 aliphatic rings. The molecule has 1 unspecified atom stereocenters. The molecular weight excluding hydrogens is 292 g/mol. The predicted octanol–water partition coefficient (Wildman–Crippen LogP) is 3.07. The summed E-state index contributed by atoms with van der Waals surface area (Å²) in [6.07, 6.45) is 4.34. The number of anilines is 1. The summed E-state index contributed by atoms with van der Waals surface area (Å²) in [6, 6.07) is 7.48. The van der Waals surface area contributed by atoms with Crippen molar-refractivity contribution >= 4 is 17.6 Å². The third kappa shape index (κ3) is 4.47. The monoisotopic (exact) mass is 318 g/mol. The summed E-state index contributed by atoms with van der Waals surface area (Å²) in [4.78, 5) is 26.4. The number of carbonyl (C=O) groups excluding carboxylic acids is 2. The average Bonchev–Trinajstić information content (AvgIpc) is 2.60. The van der Waals surface area contributed by atoms with Gasteiger partial charge in [0, 0.05) is 18.3 Å². The number of rotatable bonds is 6. The van der Waals surface area contributed by atoms with Gasteiger partial charge in [0.05, 0.1) is 18.7 Å². The zero-order valence-electron chi connectivity index (χ0n) is 14.0. The fourth-order valence-electron chi connectivity index (χ4n) is 3.05. The molecule has 0 radical (unpaired) electrons. The lowest BCUT2D eigenvalue weighted by Gasteiger charge is -2.35. The van der Waals surface area contributed by atoms with E-state index in [2.05, 4.69) is 12.2 Å². The van der Waals surface area contributed by atoms with Gasteiger partial charge >= 0.3 is 5.97 Å². The Hall–Kier alpha value is -2.04. The predicted molar refractivity (Wildman–Crippen MR) is 90.5 cm³/mol. The number of hydrogen-bond donors (Lipinski definition) is 1. The van der Waals surface area contributed by atoms with Gasteiger partial charge in [-0.2, -0.15) is 0 Å². The minimum absolute atomic E-state index is 0.0928. The van der Waals surface area contributed by atoms with Crippen molar-refractivity contribution in [3.05, 3.63) is 29.8 Å². The zero-order chi connectivity index (χ0) is 16.7. The van der Waals surface area contributed by atoms with Crippen molar-refractivity contribution in [1.29, 1.82) is 0 Å². The number of hydrogen-bond acceptors (Lipinski definition) is 4. The largest absolute Gasteiger partial charge is 0.462 e. The lowest BCUT2D eigenvalue weighted by atomic mass is 10.00. The molecule has 0 saturated carbocycles. The number of benzene rings is 1. The Morgan fingerprint density at radius 1 is 1.26 bits per heavy atom. The normalized spacial score (nSPS) is 17.7. The summed E-state index contributed by atoms with van der Waals surface area (Å²) in [5.41, 5.74) is 1.11. The van der Waals surface area contributed by atoms with Gasteiger partial charge in [0.2, 0.25) is 5.91 Å². The van der Waals surface area contributed by atoms with Gasteiger partial charge in [-0.25, -0.2) is 4.79 Å². The van der Waals surface area contributed by atoms with Crippen LogP contribution < -0.4 is 5.32 Å². The molecular formula is C18H26N2O3. The molecule has 5 heteroatoms. The van der Waals surface area contributed by atoms with E-state index in [1.807, 2.05) is 11.0 Å². The van der Waals surface area contributed by atoms with Crippen LogP contribution in [0.4, 0.5) is 5.69 Å². The minimum Gasteiger partial charge on any atom is -0.462 e. The lowest BCUT2D eigenvalue weighted by Crippen LogP contribution is -2.45. The number of esters is 1. The molecule has 23 heavy (non-hydrogen) atoms. The number of ether oxygens (including phenoxy) is 1. The highest BCUT2D eigenvalue weighted by Crippen LogP contribution is 2.20. The van der Waals surface area contributed by atoms with E-state index < -0.39 is 0 Å². The molecule has 1 saturated heterocycles. The maximum atomic E-state index is 12.5. The van der Waals surface area contributed by atoms with Gasteiger partial charge in [0.25, 0.3) is 0 Å². The van der Waals surface area contributed by atoms with Gasteiger partial charge < -0.3 is 15.0 Å². The smallest absolute Gasteiger partial charge is 0.340 e. The Labute approximate surface area is 138 Å². The zero-order valence-corrected chi connectivity index (χ0v) is 14.0. The van der Waals surface area contributed by atoms with Crippen molar-refractivity contribution < 1.29 is 14.3 Å². The Balaban J connectivity index is 2.00. The number of nitrogens with zero attached hydrogens (tertiary/aromatic N) is 1. The summed E-state index contributed by atoms with van der Waals surface area (Å²) < 4.78 is 5.05. The highest BCUT2D eigenvalue weighted by atomic mass is 16.5. The summed E-state index contributed by atoms with van der Waals surface area (Å²) >= 11 is 0. The maximum Gasteiger partial charge on any atom is 0.340 e. The molecule has 2 rings (SSSR count). The molecule has 0 spiro atoms. The summed E-state index contributed by atoms with van der Waals surface area (Å²) in [5.74, 6) is -0.275. The number of carbonyl (C=O) groups is 2. The molecule has 0 aliphatic carbocycles. The topological polar surface area (TPSA) is 58.6 Å². The van der Waals surface area contributed by atoms with E-state index in [1.54, 1.807) is 25.1 Å². The van der Waals surface area contributed by atoms with Crippen molar-refractivity contribution in [3.63, 3.8) is 0 Å². The molecule has 1 atom stereocenters. The van der Waals surface area contributed by atoms with E-state index in [0.717, 1.165) is 25.8 Å². The van der Waals surface area contributed by atoms with Crippen LogP contribution in [0.15, 0.2) is 24.3 Å². The standard InChI is InChI=1S/C18H26N2O3/c1-3-14-9-7-8-12-20(14)17(21)13-19-16-11-6-5-10-15(16)18(22)23-4-2/h5-6,10-11,14,19H,3-4,7-9,12-13H2,1-2H3. The molecule has 126 valence electrons. The third-order valence-electron chi connectivity index (χ3n) is 4.27. The van der Waals surface area contributed by atoms with E-state index in [1.165, 1.54) is 6.42 Å². The highest BCUT2D eigenvalue weighted by Gasteiger charge is 2.25. The number of amides is 1. The van der Waals surface area contributed by atoms with Crippen molar-refractivity contribution in [3.8, 4) is 0 Å². The number of likely N-dealkylation sites (tertiary alicyclic amines) is 1. The van der Waals surface area contributed by atoms with Crippen LogP contribution in [0, 0.1) is 0 Å². The second kappa shape index (κ2) is 8.56. The van der Waals surface area contributed by atoms with Gasteiger partial charge in [-0.15, -0.1) is 0 Å². The SMILES string of the molecule is CCOC(=O)c1ccccc1NCC(=O)N1CCCCC1CC. The molecule has 1 heterocycles. The van der Waals surface area contributed by atoms with E-state index in [9.17, 15) is 9.59 Å². The van der Waals surface area contributed by atoms with E-state index >= 15 is 0 Å². The van der Waals surface area contributed by atoms with Crippen LogP contribution in [0.5, 0.6) is 0 Å². The molecule has 1 fully saturated rings. The maximum absolute atomic E-state index is 12.5. The summed E-state index contributed by atoms with van der Waals surface area (Å²) in [5, 5.41) is 3.10.